The van der Waals surface area contributed by atoms with Gasteiger partial charge in [0.15, 0.2) is 5.58 Å². The number of aromatic amines is 1. The third-order valence-electron chi connectivity index (χ3n) is 1.45. The normalized spacial score (nSPS) is 10.5. The largest absolute Gasteiger partial charge is 0.417 e. The number of aromatic nitrogens is 1. The monoisotopic (exact) mass is 145 g/mol. The van der Waals surface area contributed by atoms with Gasteiger partial charge >= 0.3 is 5.76 Å². The minimum Gasteiger partial charge on any atom is -0.408 e. The van der Waals surface area contributed by atoms with Crippen molar-refractivity contribution < 1.29 is 4.42 Å². The van der Waals surface area contributed by atoms with Gasteiger partial charge in [0.05, 0.1) is 5.52 Å². The summed E-state index contributed by atoms with van der Waals surface area (Å²) in [6.07, 6.45) is 0. The molecule has 0 saturated carbocycles. The van der Waals surface area contributed by atoms with E-state index in [1.165, 1.54) is 0 Å². The Morgan fingerprint density at radius 2 is 2.27 bits per heavy atom. The summed E-state index contributed by atoms with van der Waals surface area (Å²) in [7, 11) is 5.46. The van der Waals surface area contributed by atoms with Crippen LogP contribution < -0.4 is 11.2 Å². The van der Waals surface area contributed by atoms with Crippen LogP contribution in [0.25, 0.3) is 11.1 Å². The maximum absolute atomic E-state index is 10.6. The summed E-state index contributed by atoms with van der Waals surface area (Å²) < 4.78 is 4.76. The van der Waals surface area contributed by atoms with E-state index in [4.69, 9.17) is 12.3 Å². The fourth-order valence-corrected chi connectivity index (χ4v) is 0.962. The van der Waals surface area contributed by atoms with Gasteiger partial charge < -0.3 is 4.42 Å². The molecule has 0 amide bonds. The second-order valence-corrected chi connectivity index (χ2v) is 2.27. The number of hydrogen-bond donors (Lipinski definition) is 1. The second-order valence-electron chi connectivity index (χ2n) is 2.27. The van der Waals surface area contributed by atoms with Gasteiger partial charge in [0, 0.05) is 0 Å². The van der Waals surface area contributed by atoms with E-state index in [1.807, 2.05) is 0 Å². The molecule has 52 valence electrons. The van der Waals surface area contributed by atoms with Crippen molar-refractivity contribution in [1.82, 2.24) is 4.98 Å². The molecule has 2 rings (SSSR count). The fraction of sp³-hybridized carbons (Fsp3) is 0. The minimum absolute atomic E-state index is 0.453. The minimum atomic E-state index is -0.453. The topological polar surface area (TPSA) is 46.0 Å². The first-order valence-electron chi connectivity index (χ1n) is 3.14. The Morgan fingerprint density at radius 1 is 1.45 bits per heavy atom. The Bertz CT molecular complexity index is 443. The summed E-state index contributed by atoms with van der Waals surface area (Å²) in [6.45, 7) is 0. The van der Waals surface area contributed by atoms with E-state index in [-0.39, 0.29) is 0 Å². The average molecular weight is 145 g/mol. The Labute approximate surface area is 63.4 Å². The lowest BCUT2D eigenvalue weighted by atomic mass is 9.96. The number of hydrogen-bond acceptors (Lipinski definition) is 2. The van der Waals surface area contributed by atoms with E-state index in [1.54, 1.807) is 18.2 Å². The molecular weight excluding hydrogens is 141 g/mol. The molecule has 3 nitrogen and oxygen atoms in total. The molecule has 0 unspecified atom stereocenters. The molecule has 0 fully saturated rings. The van der Waals surface area contributed by atoms with Crippen molar-refractivity contribution >= 4 is 24.4 Å². The number of rotatable bonds is 0. The molecule has 0 atom stereocenters. The van der Waals surface area contributed by atoms with Crippen molar-refractivity contribution in [3.8, 4) is 0 Å². The summed E-state index contributed by atoms with van der Waals surface area (Å²) in [5, 5.41) is 0. The zero-order valence-corrected chi connectivity index (χ0v) is 5.63. The molecular formula is C7H4BNO2. The van der Waals surface area contributed by atoms with Gasteiger partial charge in [-0.1, -0.05) is 11.5 Å². The molecule has 11 heavy (non-hydrogen) atoms. The molecule has 4 heteroatoms. The summed E-state index contributed by atoms with van der Waals surface area (Å²) in [6, 6.07) is 5.01. The van der Waals surface area contributed by atoms with Crippen molar-refractivity contribution in [2.24, 2.45) is 0 Å². The van der Waals surface area contributed by atoms with Crippen molar-refractivity contribution in [2.45, 2.75) is 0 Å². The molecule has 1 heterocycles. The average Bonchev–Trinajstić information content (AvgIpc) is 2.27. The van der Waals surface area contributed by atoms with Gasteiger partial charge in [-0.25, -0.2) is 4.79 Å². The first-order valence-corrected chi connectivity index (χ1v) is 3.14. The summed E-state index contributed by atoms with van der Waals surface area (Å²) >= 11 is 0. The van der Waals surface area contributed by atoms with Gasteiger partial charge in [-0.05, 0) is 12.1 Å². The number of oxazole rings is 1. The van der Waals surface area contributed by atoms with Crippen LogP contribution in [0, 0.1) is 0 Å². The Balaban J connectivity index is 2.92. The van der Waals surface area contributed by atoms with Crippen LogP contribution in [0.3, 0.4) is 0 Å². The lowest BCUT2D eigenvalue weighted by Gasteiger charge is -1.88. The Kier molecular flexibility index (Phi) is 1.15. The van der Waals surface area contributed by atoms with Crippen molar-refractivity contribution in [3.05, 3.63) is 28.7 Å². The van der Waals surface area contributed by atoms with E-state index in [0.717, 1.165) is 0 Å². The van der Waals surface area contributed by atoms with E-state index in [0.29, 0.717) is 16.6 Å². The lowest BCUT2D eigenvalue weighted by Crippen LogP contribution is -1.98. The van der Waals surface area contributed by atoms with E-state index in [2.05, 4.69) is 4.98 Å². The third-order valence-corrected chi connectivity index (χ3v) is 1.45. The molecule has 0 aliphatic heterocycles. The molecule has 2 radical (unpaired) electrons. The number of H-pyrrole nitrogens is 1. The van der Waals surface area contributed by atoms with E-state index < -0.39 is 5.76 Å². The van der Waals surface area contributed by atoms with Crippen LogP contribution in [0.5, 0.6) is 0 Å². The van der Waals surface area contributed by atoms with Crippen LogP contribution in [0.1, 0.15) is 0 Å². The fourth-order valence-electron chi connectivity index (χ4n) is 0.962. The van der Waals surface area contributed by atoms with E-state index in [9.17, 15) is 4.79 Å². The highest BCUT2D eigenvalue weighted by atomic mass is 16.4. The highest BCUT2D eigenvalue weighted by molar-refractivity contribution is 6.32. The number of benzene rings is 1. The molecule has 1 aromatic carbocycles. The van der Waals surface area contributed by atoms with Gasteiger partial charge in [0.25, 0.3) is 0 Å². The molecule has 2 aromatic rings. The maximum Gasteiger partial charge on any atom is 0.417 e. The molecule has 0 spiro atoms. The predicted octanol–water partition coefficient (Wildman–Crippen LogP) is -0.0851. The van der Waals surface area contributed by atoms with E-state index >= 15 is 0 Å². The second kappa shape index (κ2) is 2.02. The SMILES string of the molecule is [B]c1ccc2[nH]c(=O)oc2c1. The lowest BCUT2D eigenvalue weighted by molar-refractivity contribution is 0.555. The highest BCUT2D eigenvalue weighted by Gasteiger charge is 1.97. The molecule has 0 aliphatic carbocycles. The van der Waals surface area contributed by atoms with Gasteiger partial charge in [0.2, 0.25) is 0 Å². The van der Waals surface area contributed by atoms with Crippen LogP contribution in [0.2, 0.25) is 0 Å². The number of nitrogens with one attached hydrogen (secondary N) is 1. The first-order chi connectivity index (χ1) is 5.25. The first kappa shape index (κ1) is 6.28. The molecule has 0 aliphatic rings. The van der Waals surface area contributed by atoms with Crippen LogP contribution in [-0.4, -0.2) is 12.8 Å². The van der Waals surface area contributed by atoms with Crippen LogP contribution in [0.15, 0.2) is 27.4 Å². The zero-order chi connectivity index (χ0) is 7.84. The van der Waals surface area contributed by atoms with Gasteiger partial charge in [-0.3, -0.25) is 4.98 Å². The molecule has 1 aromatic heterocycles. The number of fused-ring (bicyclic) bond motifs is 1. The van der Waals surface area contributed by atoms with Crippen LogP contribution in [0.4, 0.5) is 0 Å². The smallest absolute Gasteiger partial charge is 0.408 e. The third kappa shape index (κ3) is 0.961. The molecule has 0 saturated heterocycles. The summed E-state index contributed by atoms with van der Waals surface area (Å²) in [4.78, 5) is 13.1. The predicted molar refractivity (Wildman–Crippen MR) is 42.2 cm³/mol. The quantitative estimate of drug-likeness (QED) is 0.526. The molecule has 0 bridgehead atoms. The van der Waals surface area contributed by atoms with Gasteiger partial charge in [0.1, 0.15) is 7.85 Å². The standard InChI is InChI=1S/C7H4BNO2/c8-4-1-2-5-6(3-4)11-7(10)9-5/h1-3H,(H,9,10). The summed E-state index contributed by atoms with van der Waals surface area (Å²) in [5.41, 5.74) is 1.75. The summed E-state index contributed by atoms with van der Waals surface area (Å²) in [5.74, 6) is -0.453. The Morgan fingerprint density at radius 3 is 3.09 bits per heavy atom. The zero-order valence-electron chi connectivity index (χ0n) is 5.63. The van der Waals surface area contributed by atoms with Crippen LogP contribution in [-0.2, 0) is 0 Å². The maximum atomic E-state index is 10.6. The van der Waals surface area contributed by atoms with Crippen molar-refractivity contribution in [2.75, 3.05) is 0 Å². The van der Waals surface area contributed by atoms with Crippen molar-refractivity contribution in [1.29, 1.82) is 0 Å². The van der Waals surface area contributed by atoms with Gasteiger partial charge in [-0.15, -0.1) is 0 Å². The van der Waals surface area contributed by atoms with Crippen LogP contribution >= 0.6 is 0 Å². The Hall–Kier alpha value is -1.45. The van der Waals surface area contributed by atoms with Gasteiger partial charge in [-0.2, -0.15) is 0 Å². The molecule has 1 N–H and O–H groups in total. The van der Waals surface area contributed by atoms with Crippen molar-refractivity contribution in [3.63, 3.8) is 0 Å². The highest BCUT2D eigenvalue weighted by Crippen LogP contribution is 2.04.